The van der Waals surface area contributed by atoms with E-state index in [2.05, 4.69) is 10.00 Å². The van der Waals surface area contributed by atoms with Crippen molar-refractivity contribution in [1.29, 1.82) is 0 Å². The van der Waals surface area contributed by atoms with Gasteiger partial charge in [0.25, 0.3) is 5.56 Å². The summed E-state index contributed by atoms with van der Waals surface area (Å²) in [6.45, 7) is 5.39. The maximum atomic E-state index is 12.7. The summed E-state index contributed by atoms with van der Waals surface area (Å²) < 4.78 is 1.37. The Labute approximate surface area is 201 Å². The Morgan fingerprint density at radius 2 is 1.76 bits per heavy atom. The molecule has 0 spiro atoms. The van der Waals surface area contributed by atoms with Gasteiger partial charge in [0, 0.05) is 50.4 Å². The fourth-order valence-electron chi connectivity index (χ4n) is 3.94. The molecule has 5 rings (SSSR count). The highest BCUT2D eigenvalue weighted by Gasteiger charge is 2.21. The van der Waals surface area contributed by atoms with E-state index < -0.39 is 0 Å². The fraction of sp³-hybridized carbons (Fsp3) is 0.231. The predicted molar refractivity (Wildman–Crippen MR) is 135 cm³/mol. The third kappa shape index (κ3) is 4.98. The zero-order valence-electron chi connectivity index (χ0n) is 18.9. The highest BCUT2D eigenvalue weighted by molar-refractivity contribution is 7.19. The lowest BCUT2D eigenvalue weighted by Crippen LogP contribution is -2.48. The minimum Gasteiger partial charge on any atom is -0.337 e. The normalized spacial score (nSPS) is 14.8. The molecule has 1 saturated heterocycles. The second-order valence-electron chi connectivity index (χ2n) is 8.40. The molecule has 34 heavy (non-hydrogen) atoms. The smallest absolute Gasteiger partial charge is 0.275 e. The molecule has 1 aliphatic rings. The summed E-state index contributed by atoms with van der Waals surface area (Å²) in [5.74, 6) is 0.0228. The predicted octanol–water partition coefficient (Wildman–Crippen LogP) is 3.48. The lowest BCUT2D eigenvalue weighted by Gasteiger charge is -2.34. The van der Waals surface area contributed by atoms with Gasteiger partial charge in [0.2, 0.25) is 10.9 Å². The Morgan fingerprint density at radius 3 is 2.50 bits per heavy atom. The second-order valence-corrected chi connectivity index (χ2v) is 9.35. The van der Waals surface area contributed by atoms with Crippen molar-refractivity contribution in [3.8, 4) is 10.6 Å². The largest absolute Gasteiger partial charge is 0.337 e. The van der Waals surface area contributed by atoms with Crippen LogP contribution >= 0.6 is 11.3 Å². The van der Waals surface area contributed by atoms with Crippen molar-refractivity contribution in [3.05, 3.63) is 93.9 Å². The number of aryl methyl sites for hydroxylation is 1. The molecule has 0 atom stereocenters. The number of aromatic nitrogens is 3. The average molecular weight is 472 g/mol. The van der Waals surface area contributed by atoms with Crippen LogP contribution in [0.1, 0.15) is 16.8 Å². The van der Waals surface area contributed by atoms with Gasteiger partial charge in [-0.2, -0.15) is 9.61 Å². The Morgan fingerprint density at radius 1 is 1.03 bits per heavy atom. The van der Waals surface area contributed by atoms with Crippen molar-refractivity contribution in [3.63, 3.8) is 0 Å². The number of nitrogens with zero attached hydrogens (tertiary/aromatic N) is 5. The van der Waals surface area contributed by atoms with Gasteiger partial charge in [-0.25, -0.2) is 4.98 Å². The summed E-state index contributed by atoms with van der Waals surface area (Å²) in [5.41, 5.74) is 3.72. The van der Waals surface area contributed by atoms with E-state index in [1.165, 1.54) is 21.4 Å². The molecule has 2 aromatic carbocycles. The summed E-state index contributed by atoms with van der Waals surface area (Å²) in [5, 5.41) is 5.24. The van der Waals surface area contributed by atoms with E-state index in [1.54, 1.807) is 12.1 Å². The molecule has 172 valence electrons. The molecule has 0 saturated carbocycles. The molecule has 0 aliphatic carbocycles. The quantitative estimate of drug-likeness (QED) is 0.417. The topological polar surface area (TPSA) is 70.8 Å². The molecule has 0 bridgehead atoms. The third-order valence-corrected chi connectivity index (χ3v) is 6.84. The van der Waals surface area contributed by atoms with Gasteiger partial charge in [0.1, 0.15) is 5.01 Å². The van der Waals surface area contributed by atoms with E-state index in [9.17, 15) is 9.59 Å². The minimum absolute atomic E-state index is 0.0228. The van der Waals surface area contributed by atoms with Crippen LogP contribution in [-0.4, -0.2) is 56.5 Å². The first kappa shape index (κ1) is 22.2. The molecule has 7 nitrogen and oxygen atoms in total. The molecule has 4 aromatic rings. The summed E-state index contributed by atoms with van der Waals surface area (Å²) in [7, 11) is 0. The molecule has 0 N–H and O–H groups in total. The van der Waals surface area contributed by atoms with Crippen LogP contribution in [0.25, 0.3) is 21.6 Å². The number of piperazine rings is 1. The molecule has 3 heterocycles. The van der Waals surface area contributed by atoms with E-state index in [4.69, 9.17) is 4.98 Å². The van der Waals surface area contributed by atoms with Crippen LogP contribution in [0, 0.1) is 6.92 Å². The molecule has 0 unspecified atom stereocenters. The monoisotopic (exact) mass is 471 g/mol. The van der Waals surface area contributed by atoms with Gasteiger partial charge in [0.15, 0.2) is 0 Å². The highest BCUT2D eigenvalue weighted by Crippen LogP contribution is 2.24. The molecule has 8 heteroatoms. The first-order chi connectivity index (χ1) is 16.5. The van der Waals surface area contributed by atoms with Gasteiger partial charge in [-0.3, -0.25) is 14.5 Å². The molecule has 2 aromatic heterocycles. The van der Waals surface area contributed by atoms with Crippen LogP contribution in [0.3, 0.4) is 0 Å². The van der Waals surface area contributed by atoms with Crippen molar-refractivity contribution >= 4 is 28.3 Å². The molecular weight excluding hydrogens is 446 g/mol. The summed E-state index contributed by atoms with van der Waals surface area (Å²) >= 11 is 1.42. The van der Waals surface area contributed by atoms with E-state index >= 15 is 0 Å². The van der Waals surface area contributed by atoms with E-state index in [0.717, 1.165) is 34.9 Å². The number of fused-ring (bicyclic) bond motifs is 1. The van der Waals surface area contributed by atoms with Gasteiger partial charge in [0.05, 0.1) is 5.69 Å². The first-order valence-corrected chi connectivity index (χ1v) is 12.1. The zero-order valence-corrected chi connectivity index (χ0v) is 19.7. The number of benzene rings is 2. The molecule has 0 radical (unpaired) electrons. The van der Waals surface area contributed by atoms with Crippen molar-refractivity contribution in [2.24, 2.45) is 0 Å². The number of hydrogen-bond donors (Lipinski definition) is 0. The van der Waals surface area contributed by atoms with Crippen LogP contribution in [0.2, 0.25) is 0 Å². The average Bonchev–Trinajstić information content (AvgIpc) is 3.29. The number of carbonyl (C=O) groups is 1. The summed E-state index contributed by atoms with van der Waals surface area (Å²) in [4.78, 5) is 34.6. The van der Waals surface area contributed by atoms with E-state index in [1.807, 2.05) is 72.5 Å². The minimum atomic E-state index is -0.172. The SMILES string of the molecule is Cc1ccc(-c2nn3c(=O)cc(CN4CCN(C(=O)C=Cc5ccccc5)CC4)nc3s2)cc1. The number of amides is 1. The van der Waals surface area contributed by atoms with Gasteiger partial charge in [-0.1, -0.05) is 71.5 Å². The Kier molecular flexibility index (Phi) is 6.33. The fourth-order valence-corrected chi connectivity index (χ4v) is 4.87. The van der Waals surface area contributed by atoms with E-state index in [-0.39, 0.29) is 11.5 Å². The maximum Gasteiger partial charge on any atom is 0.275 e. The van der Waals surface area contributed by atoms with Crippen molar-refractivity contribution < 1.29 is 4.79 Å². The van der Waals surface area contributed by atoms with Crippen LogP contribution in [0.5, 0.6) is 0 Å². The van der Waals surface area contributed by atoms with Crippen LogP contribution < -0.4 is 5.56 Å². The first-order valence-electron chi connectivity index (χ1n) is 11.3. The third-order valence-electron chi connectivity index (χ3n) is 5.88. The maximum absolute atomic E-state index is 12.7. The number of hydrogen-bond acceptors (Lipinski definition) is 6. The number of rotatable bonds is 5. The molecule has 1 fully saturated rings. The van der Waals surface area contributed by atoms with Crippen LogP contribution in [0.15, 0.2) is 71.5 Å². The van der Waals surface area contributed by atoms with Crippen molar-refractivity contribution in [2.75, 3.05) is 26.2 Å². The highest BCUT2D eigenvalue weighted by atomic mass is 32.1. The van der Waals surface area contributed by atoms with Crippen molar-refractivity contribution in [2.45, 2.75) is 13.5 Å². The van der Waals surface area contributed by atoms with E-state index in [0.29, 0.717) is 24.6 Å². The standard InChI is InChI=1S/C26H25N5O2S/c1-19-7-10-21(11-8-19)25-28-31-24(33)17-22(27-26(31)34-25)18-29-13-15-30(16-14-29)23(32)12-9-20-5-3-2-4-6-20/h2-12,17H,13-16,18H2,1H3. The van der Waals surface area contributed by atoms with Gasteiger partial charge >= 0.3 is 0 Å². The summed E-state index contributed by atoms with van der Waals surface area (Å²) in [6, 6.07) is 19.5. The lowest BCUT2D eigenvalue weighted by molar-refractivity contribution is -0.127. The molecule has 1 aliphatic heterocycles. The van der Waals surface area contributed by atoms with Gasteiger partial charge in [-0.05, 0) is 18.6 Å². The molecular formula is C26H25N5O2S. The van der Waals surface area contributed by atoms with Gasteiger partial charge in [-0.15, -0.1) is 0 Å². The molecule has 1 amide bonds. The zero-order chi connectivity index (χ0) is 23.5. The Hall–Kier alpha value is -3.62. The van der Waals surface area contributed by atoms with Crippen LogP contribution in [0.4, 0.5) is 0 Å². The van der Waals surface area contributed by atoms with Crippen LogP contribution in [-0.2, 0) is 11.3 Å². The second kappa shape index (κ2) is 9.70. The Balaban J connectivity index is 1.23. The number of carbonyl (C=O) groups excluding carboxylic acids is 1. The Bertz CT molecular complexity index is 1380. The van der Waals surface area contributed by atoms with Crippen molar-refractivity contribution in [1.82, 2.24) is 24.4 Å². The van der Waals surface area contributed by atoms with Gasteiger partial charge < -0.3 is 4.90 Å². The summed E-state index contributed by atoms with van der Waals surface area (Å²) in [6.07, 6.45) is 3.48. The lowest BCUT2D eigenvalue weighted by atomic mass is 10.2.